The van der Waals surface area contributed by atoms with Gasteiger partial charge in [0.15, 0.2) is 0 Å². The van der Waals surface area contributed by atoms with Crippen LogP contribution < -0.4 is 10.1 Å². The van der Waals surface area contributed by atoms with Crippen molar-refractivity contribution in [1.82, 2.24) is 15.1 Å². The molecule has 1 aromatic carbocycles. The van der Waals surface area contributed by atoms with Crippen LogP contribution in [0.2, 0.25) is 5.02 Å². The third-order valence-corrected chi connectivity index (χ3v) is 3.32. The zero-order valence-electron chi connectivity index (χ0n) is 11.8. The number of benzene rings is 1. The Bertz CT molecular complexity index is 528. The van der Waals surface area contributed by atoms with E-state index in [9.17, 15) is 0 Å². The van der Waals surface area contributed by atoms with Crippen molar-refractivity contribution in [3.63, 3.8) is 0 Å². The van der Waals surface area contributed by atoms with E-state index in [2.05, 4.69) is 24.3 Å². The van der Waals surface area contributed by atoms with Crippen molar-refractivity contribution >= 4 is 11.6 Å². The van der Waals surface area contributed by atoms with E-state index >= 15 is 0 Å². The standard InChI is InChI=1S/C15H20ClN3O/c1-3-17-12(2)14-11-13(16)5-6-15(14)20-10-9-19-8-4-7-18-19/h4-8,11-12,17H,3,9-10H2,1-2H3. The normalized spacial score (nSPS) is 12.3. The number of rotatable bonds is 7. The predicted molar refractivity (Wildman–Crippen MR) is 81.3 cm³/mol. The lowest BCUT2D eigenvalue weighted by Gasteiger charge is -2.18. The Hall–Kier alpha value is -1.52. The van der Waals surface area contributed by atoms with Gasteiger partial charge in [-0.3, -0.25) is 4.68 Å². The number of ether oxygens (including phenoxy) is 1. The molecule has 0 aliphatic heterocycles. The molecule has 0 aliphatic carbocycles. The molecule has 2 aromatic rings. The summed E-state index contributed by atoms with van der Waals surface area (Å²) in [6.45, 7) is 6.40. The summed E-state index contributed by atoms with van der Waals surface area (Å²) in [5.74, 6) is 0.870. The first kappa shape index (κ1) is 14.9. The van der Waals surface area contributed by atoms with Crippen LogP contribution in [0, 0.1) is 0 Å². The number of hydrogen-bond donors (Lipinski definition) is 1. The highest BCUT2D eigenvalue weighted by molar-refractivity contribution is 6.30. The van der Waals surface area contributed by atoms with E-state index in [1.54, 1.807) is 6.20 Å². The highest BCUT2D eigenvalue weighted by Crippen LogP contribution is 2.28. The summed E-state index contributed by atoms with van der Waals surface area (Å²) in [5.41, 5.74) is 1.08. The Balaban J connectivity index is 2.02. The average Bonchev–Trinajstić information content (AvgIpc) is 2.94. The molecule has 1 heterocycles. The summed E-state index contributed by atoms with van der Waals surface area (Å²) in [5, 5.41) is 8.25. The van der Waals surface area contributed by atoms with Crippen LogP contribution in [-0.4, -0.2) is 22.9 Å². The number of nitrogens with zero attached hydrogens (tertiary/aromatic N) is 2. The molecule has 0 saturated heterocycles. The Morgan fingerprint density at radius 3 is 3.00 bits per heavy atom. The first-order chi connectivity index (χ1) is 9.70. The van der Waals surface area contributed by atoms with Crippen molar-refractivity contribution in [3.05, 3.63) is 47.2 Å². The lowest BCUT2D eigenvalue weighted by Crippen LogP contribution is -2.19. The van der Waals surface area contributed by atoms with Crippen molar-refractivity contribution < 1.29 is 4.74 Å². The first-order valence-corrected chi connectivity index (χ1v) is 7.21. The molecule has 1 aromatic heterocycles. The Morgan fingerprint density at radius 1 is 1.45 bits per heavy atom. The summed E-state index contributed by atoms with van der Waals surface area (Å²) in [4.78, 5) is 0. The quantitative estimate of drug-likeness (QED) is 0.851. The maximum Gasteiger partial charge on any atom is 0.124 e. The molecule has 0 spiro atoms. The number of aromatic nitrogens is 2. The van der Waals surface area contributed by atoms with E-state index in [1.807, 2.05) is 35.1 Å². The Morgan fingerprint density at radius 2 is 2.30 bits per heavy atom. The van der Waals surface area contributed by atoms with Crippen molar-refractivity contribution in [1.29, 1.82) is 0 Å². The van der Waals surface area contributed by atoms with Crippen LogP contribution in [0.25, 0.3) is 0 Å². The Labute approximate surface area is 124 Å². The molecule has 0 radical (unpaired) electrons. The lowest BCUT2D eigenvalue weighted by atomic mass is 10.1. The molecule has 0 fully saturated rings. The zero-order valence-corrected chi connectivity index (χ0v) is 12.6. The minimum Gasteiger partial charge on any atom is -0.491 e. The van der Waals surface area contributed by atoms with Crippen molar-refractivity contribution in [2.45, 2.75) is 26.4 Å². The number of halogens is 1. The molecule has 108 valence electrons. The SMILES string of the molecule is CCNC(C)c1cc(Cl)ccc1OCCn1cccn1. The van der Waals surface area contributed by atoms with Gasteiger partial charge in [-0.25, -0.2) is 0 Å². The maximum absolute atomic E-state index is 6.08. The van der Waals surface area contributed by atoms with Crippen LogP contribution in [0.4, 0.5) is 0 Å². The summed E-state index contributed by atoms with van der Waals surface area (Å²) in [6, 6.07) is 7.85. The van der Waals surface area contributed by atoms with E-state index in [-0.39, 0.29) is 6.04 Å². The fourth-order valence-electron chi connectivity index (χ4n) is 2.09. The van der Waals surface area contributed by atoms with Crippen LogP contribution in [0.1, 0.15) is 25.5 Å². The van der Waals surface area contributed by atoms with Crippen LogP contribution >= 0.6 is 11.6 Å². The summed E-state index contributed by atoms with van der Waals surface area (Å²) in [6.07, 6.45) is 3.69. The molecule has 1 atom stereocenters. The minimum absolute atomic E-state index is 0.207. The second-order valence-corrected chi connectivity index (χ2v) is 5.02. The summed E-state index contributed by atoms with van der Waals surface area (Å²) < 4.78 is 7.72. The minimum atomic E-state index is 0.207. The number of hydrogen-bond acceptors (Lipinski definition) is 3. The molecule has 4 nitrogen and oxygen atoms in total. The smallest absolute Gasteiger partial charge is 0.124 e. The van der Waals surface area contributed by atoms with Crippen LogP contribution in [0.3, 0.4) is 0 Å². The van der Waals surface area contributed by atoms with Gasteiger partial charge in [0, 0.05) is 29.0 Å². The molecule has 2 rings (SSSR count). The lowest BCUT2D eigenvalue weighted by molar-refractivity contribution is 0.286. The second-order valence-electron chi connectivity index (χ2n) is 4.58. The molecule has 20 heavy (non-hydrogen) atoms. The maximum atomic E-state index is 6.08. The molecular weight excluding hydrogens is 274 g/mol. The summed E-state index contributed by atoms with van der Waals surface area (Å²) in [7, 11) is 0. The van der Waals surface area contributed by atoms with E-state index in [1.165, 1.54) is 0 Å². The second kappa shape index (κ2) is 7.31. The molecule has 0 aliphatic rings. The van der Waals surface area contributed by atoms with Crippen LogP contribution in [-0.2, 0) is 6.54 Å². The molecule has 5 heteroatoms. The van der Waals surface area contributed by atoms with Gasteiger partial charge >= 0.3 is 0 Å². The van der Waals surface area contributed by atoms with Gasteiger partial charge < -0.3 is 10.1 Å². The van der Waals surface area contributed by atoms with E-state index in [0.29, 0.717) is 6.61 Å². The third kappa shape index (κ3) is 3.99. The molecule has 1 N–H and O–H groups in total. The first-order valence-electron chi connectivity index (χ1n) is 6.83. The highest BCUT2D eigenvalue weighted by Gasteiger charge is 2.11. The topological polar surface area (TPSA) is 39.1 Å². The van der Waals surface area contributed by atoms with Crippen LogP contribution in [0.15, 0.2) is 36.7 Å². The fraction of sp³-hybridized carbons (Fsp3) is 0.400. The van der Waals surface area contributed by atoms with Crippen molar-refractivity contribution in [2.75, 3.05) is 13.2 Å². The van der Waals surface area contributed by atoms with E-state index < -0.39 is 0 Å². The monoisotopic (exact) mass is 293 g/mol. The number of nitrogens with one attached hydrogen (secondary N) is 1. The van der Waals surface area contributed by atoms with Gasteiger partial charge in [-0.05, 0) is 37.7 Å². The van der Waals surface area contributed by atoms with Gasteiger partial charge in [-0.15, -0.1) is 0 Å². The van der Waals surface area contributed by atoms with Crippen LogP contribution in [0.5, 0.6) is 5.75 Å². The van der Waals surface area contributed by atoms with Gasteiger partial charge in [-0.2, -0.15) is 5.10 Å². The molecular formula is C15H20ClN3O. The largest absolute Gasteiger partial charge is 0.491 e. The zero-order chi connectivity index (χ0) is 14.4. The van der Waals surface area contributed by atoms with Crippen molar-refractivity contribution in [3.8, 4) is 5.75 Å². The predicted octanol–water partition coefficient (Wildman–Crippen LogP) is 3.29. The highest BCUT2D eigenvalue weighted by atomic mass is 35.5. The summed E-state index contributed by atoms with van der Waals surface area (Å²) >= 11 is 6.08. The fourth-order valence-corrected chi connectivity index (χ4v) is 2.27. The molecule has 0 saturated carbocycles. The molecule has 0 bridgehead atoms. The van der Waals surface area contributed by atoms with Gasteiger partial charge in [0.2, 0.25) is 0 Å². The van der Waals surface area contributed by atoms with Crippen molar-refractivity contribution in [2.24, 2.45) is 0 Å². The van der Waals surface area contributed by atoms with Gasteiger partial charge in [0.1, 0.15) is 12.4 Å². The van der Waals surface area contributed by atoms with Gasteiger partial charge in [0.05, 0.1) is 6.54 Å². The van der Waals surface area contributed by atoms with E-state index in [4.69, 9.17) is 16.3 Å². The Kier molecular flexibility index (Phi) is 5.44. The third-order valence-electron chi connectivity index (χ3n) is 3.09. The molecule has 1 unspecified atom stereocenters. The van der Waals surface area contributed by atoms with Gasteiger partial charge in [0.25, 0.3) is 0 Å². The van der Waals surface area contributed by atoms with E-state index in [0.717, 1.165) is 29.4 Å². The molecule has 0 amide bonds. The average molecular weight is 294 g/mol. The van der Waals surface area contributed by atoms with Gasteiger partial charge in [-0.1, -0.05) is 18.5 Å².